The Hall–Kier alpha value is -4.08. The number of halogens is 2. The van der Waals surface area contributed by atoms with Crippen LogP contribution in [0, 0.1) is 18.6 Å². The molecule has 0 radical (unpaired) electrons. The molecular weight excluding hydrogens is 492 g/mol. The number of carbonyl (C=O) groups is 1. The number of fused-ring (bicyclic) bond motifs is 2. The molecule has 2 aromatic heterocycles. The second-order valence-corrected chi connectivity index (χ2v) is 9.30. The summed E-state index contributed by atoms with van der Waals surface area (Å²) in [6, 6.07) is 12.9. The molecule has 0 amide bonds. The lowest BCUT2D eigenvalue weighted by Crippen LogP contribution is -2.33. The first-order valence-corrected chi connectivity index (χ1v) is 12.1. The van der Waals surface area contributed by atoms with Crippen LogP contribution >= 0.6 is 0 Å². The van der Waals surface area contributed by atoms with Crippen molar-refractivity contribution in [2.24, 2.45) is 0 Å². The highest BCUT2D eigenvalue weighted by atomic mass is 19.1. The number of rotatable bonds is 7. The number of methoxy groups -OCH3 is 2. The second-order valence-electron chi connectivity index (χ2n) is 9.30. The Labute approximate surface area is 217 Å². The van der Waals surface area contributed by atoms with E-state index in [2.05, 4.69) is 10.2 Å². The van der Waals surface area contributed by atoms with Crippen LogP contribution < -0.4 is 0 Å². The van der Waals surface area contributed by atoms with Crippen molar-refractivity contribution >= 4 is 27.8 Å². The summed E-state index contributed by atoms with van der Waals surface area (Å²) in [6.07, 6.45) is 1.77. The largest absolute Gasteiger partial charge is 0.465 e. The van der Waals surface area contributed by atoms with Crippen LogP contribution in [0.4, 0.5) is 8.78 Å². The Balaban J connectivity index is 1.98. The van der Waals surface area contributed by atoms with Gasteiger partial charge < -0.3 is 19.1 Å². The molecule has 0 bridgehead atoms. The zero-order chi connectivity index (χ0) is 27.2. The third kappa shape index (κ3) is 3.95. The number of aryl methyl sites for hydroxylation is 1. The van der Waals surface area contributed by atoms with Crippen LogP contribution in [-0.2, 0) is 15.1 Å². The molecular formula is C29H27F2N3O4. The number of nitrogens with one attached hydrogen (secondary N) is 1. The third-order valence-corrected chi connectivity index (χ3v) is 7.01. The highest BCUT2D eigenvalue weighted by molar-refractivity contribution is 6.06. The Morgan fingerprint density at radius 2 is 1.87 bits per heavy atom. The van der Waals surface area contributed by atoms with Crippen molar-refractivity contribution in [3.8, 4) is 16.8 Å². The third-order valence-electron chi connectivity index (χ3n) is 7.01. The number of carbonyl (C=O) groups excluding carboxylic acids is 1. The van der Waals surface area contributed by atoms with Gasteiger partial charge in [0.25, 0.3) is 0 Å². The summed E-state index contributed by atoms with van der Waals surface area (Å²) in [4.78, 5) is 12.1. The summed E-state index contributed by atoms with van der Waals surface area (Å²) >= 11 is 0. The average molecular weight is 520 g/mol. The zero-order valence-electron chi connectivity index (χ0n) is 21.4. The number of benzene rings is 3. The number of esters is 1. The summed E-state index contributed by atoms with van der Waals surface area (Å²) in [5, 5.41) is 19.5. The van der Waals surface area contributed by atoms with E-state index in [9.17, 15) is 14.3 Å². The fraction of sp³-hybridized carbons (Fsp3) is 0.241. The number of ether oxygens (including phenoxy) is 2. The predicted octanol–water partition coefficient (Wildman–Crippen LogP) is 5.79. The van der Waals surface area contributed by atoms with Gasteiger partial charge in [-0.15, -0.1) is 0 Å². The maximum absolute atomic E-state index is 16.3. The molecule has 5 aromatic rings. The fourth-order valence-electron chi connectivity index (χ4n) is 5.03. The molecule has 3 aromatic carbocycles. The average Bonchev–Trinajstić information content (AvgIpc) is 3.54. The molecule has 0 fully saturated rings. The van der Waals surface area contributed by atoms with Crippen LogP contribution in [0.3, 0.4) is 0 Å². The monoisotopic (exact) mass is 519 g/mol. The van der Waals surface area contributed by atoms with Gasteiger partial charge in [-0.2, -0.15) is 5.10 Å². The molecule has 2 heterocycles. The van der Waals surface area contributed by atoms with Gasteiger partial charge in [-0.05, 0) is 60.9 Å². The molecule has 0 aliphatic heterocycles. The highest BCUT2D eigenvalue weighted by Crippen LogP contribution is 2.46. The summed E-state index contributed by atoms with van der Waals surface area (Å²) < 4.78 is 42.6. The van der Waals surface area contributed by atoms with Crippen molar-refractivity contribution in [2.75, 3.05) is 20.8 Å². The van der Waals surface area contributed by atoms with Gasteiger partial charge in [-0.3, -0.25) is 5.10 Å². The number of aromatic nitrogens is 3. The minimum absolute atomic E-state index is 0.0751. The molecule has 0 saturated carbocycles. The maximum atomic E-state index is 16.3. The SMILES string of the molecule is CC[C@@](O)(COC)c1c(-c2ccc(C(=O)OC)cc2)c2c(F)c3[nH]ncc3cc2n1-c1ccc(F)c(C)c1. The molecule has 0 unspecified atom stereocenters. The van der Waals surface area contributed by atoms with Crippen LogP contribution in [0.2, 0.25) is 0 Å². The molecule has 9 heteroatoms. The van der Waals surface area contributed by atoms with E-state index in [-0.39, 0.29) is 29.7 Å². The minimum atomic E-state index is -1.55. The molecule has 196 valence electrons. The molecule has 0 spiro atoms. The lowest BCUT2D eigenvalue weighted by atomic mass is 9.89. The van der Waals surface area contributed by atoms with E-state index in [0.717, 1.165) is 0 Å². The van der Waals surface area contributed by atoms with Crippen molar-refractivity contribution in [3.63, 3.8) is 0 Å². The first-order valence-electron chi connectivity index (χ1n) is 12.1. The Morgan fingerprint density at radius 3 is 2.50 bits per heavy atom. The van der Waals surface area contributed by atoms with Crippen molar-refractivity contribution in [3.05, 3.63) is 83.2 Å². The standard InChI is InChI=1S/C29H27F2N3O4/c1-5-29(36,15-37-3)27-23(17-6-8-18(9-7-17)28(35)38-4)24-22(13-19-14-32-33-26(19)25(24)31)34(27)20-10-11-21(30)16(2)12-20/h6-14,36H,5,15H2,1-4H3,(H,32,33)/t29-/m1/s1. The Bertz CT molecular complexity index is 1670. The van der Waals surface area contributed by atoms with Gasteiger partial charge in [0.1, 0.15) is 16.9 Å². The minimum Gasteiger partial charge on any atom is -0.465 e. The maximum Gasteiger partial charge on any atom is 0.337 e. The van der Waals surface area contributed by atoms with Crippen molar-refractivity contribution < 1.29 is 28.2 Å². The molecule has 5 rings (SSSR count). The van der Waals surface area contributed by atoms with Gasteiger partial charge in [0.2, 0.25) is 0 Å². The van der Waals surface area contributed by atoms with Gasteiger partial charge in [0.05, 0.1) is 36.7 Å². The number of hydrogen-bond acceptors (Lipinski definition) is 5. The van der Waals surface area contributed by atoms with E-state index in [1.165, 1.54) is 26.5 Å². The first-order chi connectivity index (χ1) is 18.2. The van der Waals surface area contributed by atoms with Gasteiger partial charge >= 0.3 is 5.97 Å². The molecule has 1 atom stereocenters. The molecule has 2 N–H and O–H groups in total. The van der Waals surface area contributed by atoms with E-state index in [1.807, 2.05) is 6.92 Å². The van der Waals surface area contributed by atoms with Crippen LogP contribution in [0.25, 0.3) is 38.6 Å². The second kappa shape index (κ2) is 9.66. The Kier molecular flexibility index (Phi) is 6.50. The molecule has 0 aliphatic carbocycles. The van der Waals surface area contributed by atoms with Crippen molar-refractivity contribution in [1.29, 1.82) is 0 Å². The van der Waals surface area contributed by atoms with Gasteiger partial charge in [0.15, 0.2) is 5.82 Å². The lowest BCUT2D eigenvalue weighted by molar-refractivity contribution is -0.0422. The van der Waals surface area contributed by atoms with Crippen LogP contribution in [0.5, 0.6) is 0 Å². The quantitative estimate of drug-likeness (QED) is 0.266. The number of hydrogen-bond donors (Lipinski definition) is 2. The fourth-order valence-corrected chi connectivity index (χ4v) is 5.03. The van der Waals surface area contributed by atoms with Gasteiger partial charge in [-0.1, -0.05) is 19.1 Å². The first kappa shape index (κ1) is 25.6. The molecule has 38 heavy (non-hydrogen) atoms. The smallest absolute Gasteiger partial charge is 0.337 e. The molecule has 0 aliphatic rings. The number of aromatic amines is 1. The predicted molar refractivity (Wildman–Crippen MR) is 140 cm³/mol. The van der Waals surface area contributed by atoms with E-state index >= 15 is 4.39 Å². The van der Waals surface area contributed by atoms with Gasteiger partial charge in [0, 0.05) is 29.1 Å². The van der Waals surface area contributed by atoms with E-state index in [1.54, 1.807) is 54.0 Å². The van der Waals surface area contributed by atoms with Crippen LogP contribution in [0.15, 0.2) is 54.7 Å². The lowest BCUT2D eigenvalue weighted by Gasteiger charge is -2.30. The van der Waals surface area contributed by atoms with Crippen LogP contribution in [-0.4, -0.2) is 46.7 Å². The van der Waals surface area contributed by atoms with Crippen LogP contribution in [0.1, 0.15) is 35.0 Å². The summed E-state index contributed by atoms with van der Waals surface area (Å²) in [6.45, 7) is 3.38. The van der Waals surface area contributed by atoms with E-state index in [0.29, 0.717) is 44.5 Å². The van der Waals surface area contributed by atoms with Crippen molar-refractivity contribution in [2.45, 2.75) is 25.9 Å². The number of aliphatic hydroxyl groups is 1. The normalized spacial score (nSPS) is 13.2. The zero-order valence-corrected chi connectivity index (χ0v) is 21.4. The van der Waals surface area contributed by atoms with Crippen molar-refractivity contribution in [1.82, 2.24) is 14.8 Å². The highest BCUT2D eigenvalue weighted by Gasteiger charge is 2.38. The molecule has 7 nitrogen and oxygen atoms in total. The van der Waals surface area contributed by atoms with E-state index in [4.69, 9.17) is 9.47 Å². The van der Waals surface area contributed by atoms with E-state index < -0.39 is 17.4 Å². The summed E-state index contributed by atoms with van der Waals surface area (Å²) in [7, 11) is 2.78. The summed E-state index contributed by atoms with van der Waals surface area (Å²) in [5.41, 5.74) is 1.78. The topological polar surface area (TPSA) is 89.4 Å². The van der Waals surface area contributed by atoms with Gasteiger partial charge in [-0.25, -0.2) is 13.6 Å². The number of nitrogens with zero attached hydrogens (tertiary/aromatic N) is 2. The Morgan fingerprint density at radius 1 is 1.13 bits per heavy atom. The number of H-pyrrole nitrogens is 1. The summed E-state index contributed by atoms with van der Waals surface area (Å²) in [5.74, 6) is -1.43. The molecule has 0 saturated heterocycles.